The Morgan fingerprint density at radius 1 is 1.03 bits per heavy atom. The molecule has 1 aliphatic heterocycles. The van der Waals surface area contributed by atoms with E-state index in [9.17, 15) is 4.79 Å². The van der Waals surface area contributed by atoms with Crippen molar-refractivity contribution in [1.82, 2.24) is 4.90 Å². The summed E-state index contributed by atoms with van der Waals surface area (Å²) in [6.45, 7) is 4.23. The summed E-state index contributed by atoms with van der Waals surface area (Å²) in [6.07, 6.45) is 1.63. The first kappa shape index (κ1) is 23.2. The lowest BCUT2D eigenvalue weighted by molar-refractivity contribution is -0.0413. The topological polar surface area (TPSA) is 32.8 Å². The molecule has 4 nitrogen and oxygen atoms in total. The SMILES string of the molecule is CCC(C(=O)c1ccccc1)N1CCOC(c2ccc(N(C)C)c(Cc3ccccc3)c2)C1. The minimum Gasteiger partial charge on any atom is -0.377 e. The van der Waals surface area contributed by atoms with Gasteiger partial charge in [-0.2, -0.15) is 0 Å². The van der Waals surface area contributed by atoms with Crippen LogP contribution in [0, 0.1) is 0 Å². The first-order chi connectivity index (χ1) is 16.1. The molecule has 0 aromatic heterocycles. The number of hydrogen-bond donors (Lipinski definition) is 0. The Morgan fingerprint density at radius 3 is 2.39 bits per heavy atom. The van der Waals surface area contributed by atoms with Gasteiger partial charge in [0.05, 0.1) is 18.8 Å². The van der Waals surface area contributed by atoms with Crippen molar-refractivity contribution in [2.45, 2.75) is 31.9 Å². The van der Waals surface area contributed by atoms with Gasteiger partial charge in [-0.1, -0.05) is 79.7 Å². The first-order valence-corrected chi connectivity index (χ1v) is 11.9. The van der Waals surface area contributed by atoms with Crippen LogP contribution >= 0.6 is 0 Å². The molecule has 0 spiro atoms. The van der Waals surface area contributed by atoms with Crippen LogP contribution in [0.5, 0.6) is 0 Å². The molecule has 0 bridgehead atoms. The minimum absolute atomic E-state index is 0.0397. The number of benzene rings is 3. The summed E-state index contributed by atoms with van der Waals surface area (Å²) in [4.78, 5) is 17.7. The van der Waals surface area contributed by atoms with Crippen LogP contribution in [-0.4, -0.2) is 50.5 Å². The number of ketones is 1. The van der Waals surface area contributed by atoms with Crippen LogP contribution in [-0.2, 0) is 11.2 Å². The van der Waals surface area contributed by atoms with Gasteiger partial charge >= 0.3 is 0 Å². The van der Waals surface area contributed by atoms with Gasteiger partial charge in [-0.15, -0.1) is 0 Å². The summed E-state index contributed by atoms with van der Waals surface area (Å²) in [5.74, 6) is 0.200. The third-order valence-corrected chi connectivity index (χ3v) is 6.48. The zero-order valence-electron chi connectivity index (χ0n) is 19.9. The maximum Gasteiger partial charge on any atom is 0.179 e. The number of ether oxygens (including phenoxy) is 1. The fourth-order valence-electron chi connectivity index (χ4n) is 4.76. The van der Waals surface area contributed by atoms with Crippen molar-refractivity contribution < 1.29 is 9.53 Å². The molecule has 1 fully saturated rings. The first-order valence-electron chi connectivity index (χ1n) is 11.9. The van der Waals surface area contributed by atoms with Gasteiger partial charge in [-0.05, 0) is 35.6 Å². The number of nitrogens with zero attached hydrogens (tertiary/aromatic N) is 2. The van der Waals surface area contributed by atoms with Crippen LogP contribution in [0.2, 0.25) is 0 Å². The van der Waals surface area contributed by atoms with Crippen molar-refractivity contribution >= 4 is 11.5 Å². The smallest absolute Gasteiger partial charge is 0.179 e. The van der Waals surface area contributed by atoms with Crippen molar-refractivity contribution in [2.24, 2.45) is 0 Å². The second-order valence-electron chi connectivity index (χ2n) is 8.95. The van der Waals surface area contributed by atoms with Crippen molar-refractivity contribution in [2.75, 3.05) is 38.7 Å². The fourth-order valence-corrected chi connectivity index (χ4v) is 4.76. The van der Waals surface area contributed by atoms with Crippen molar-refractivity contribution in [3.05, 3.63) is 101 Å². The molecule has 3 aromatic rings. The molecule has 4 heteroatoms. The lowest BCUT2D eigenvalue weighted by Crippen LogP contribution is -2.48. The third kappa shape index (κ3) is 5.52. The zero-order valence-corrected chi connectivity index (χ0v) is 19.9. The molecule has 1 aliphatic rings. The van der Waals surface area contributed by atoms with Crippen molar-refractivity contribution in [3.8, 4) is 0 Å². The van der Waals surface area contributed by atoms with Crippen LogP contribution in [0.15, 0.2) is 78.9 Å². The van der Waals surface area contributed by atoms with Gasteiger partial charge in [0.25, 0.3) is 0 Å². The molecule has 0 N–H and O–H groups in total. The van der Waals surface area contributed by atoms with E-state index in [2.05, 4.69) is 79.3 Å². The predicted octanol–water partition coefficient (Wildman–Crippen LogP) is 5.38. The van der Waals surface area contributed by atoms with E-state index in [1.807, 2.05) is 30.3 Å². The lowest BCUT2D eigenvalue weighted by Gasteiger charge is -2.37. The maximum atomic E-state index is 13.2. The van der Waals surface area contributed by atoms with Gasteiger partial charge in [0.1, 0.15) is 0 Å². The van der Waals surface area contributed by atoms with Gasteiger partial charge in [-0.3, -0.25) is 9.69 Å². The summed E-state index contributed by atoms with van der Waals surface area (Å²) in [6, 6.07) is 26.8. The molecule has 33 heavy (non-hydrogen) atoms. The molecular weight excluding hydrogens is 408 g/mol. The van der Waals surface area contributed by atoms with Crippen molar-refractivity contribution in [1.29, 1.82) is 0 Å². The lowest BCUT2D eigenvalue weighted by atomic mass is 9.96. The molecule has 1 heterocycles. The second kappa shape index (κ2) is 10.8. The van der Waals surface area contributed by atoms with Gasteiger partial charge < -0.3 is 9.64 Å². The zero-order chi connectivity index (χ0) is 23.2. The highest BCUT2D eigenvalue weighted by Gasteiger charge is 2.31. The Hall–Kier alpha value is -2.95. The summed E-state index contributed by atoms with van der Waals surface area (Å²) < 4.78 is 6.21. The number of anilines is 1. The molecule has 0 saturated carbocycles. The van der Waals surface area contributed by atoms with Crippen LogP contribution in [0.3, 0.4) is 0 Å². The van der Waals surface area contributed by atoms with E-state index in [4.69, 9.17) is 4.74 Å². The average Bonchev–Trinajstić information content (AvgIpc) is 2.85. The Kier molecular flexibility index (Phi) is 7.58. The standard InChI is InChI=1S/C29H34N2O2/c1-4-26(29(32)23-13-9-6-10-14-23)31-17-18-33-28(21-31)24-15-16-27(30(2)3)25(20-24)19-22-11-7-5-8-12-22/h5-16,20,26,28H,4,17-19,21H2,1-3H3. The number of hydrogen-bond acceptors (Lipinski definition) is 4. The number of carbonyl (C=O) groups is 1. The quantitative estimate of drug-likeness (QED) is 0.439. The highest BCUT2D eigenvalue weighted by Crippen LogP contribution is 2.30. The molecular formula is C29H34N2O2. The molecule has 0 amide bonds. The number of rotatable bonds is 8. The normalized spacial score (nSPS) is 17.5. The van der Waals surface area contributed by atoms with E-state index in [1.54, 1.807) is 0 Å². The summed E-state index contributed by atoms with van der Waals surface area (Å²) >= 11 is 0. The highest BCUT2D eigenvalue weighted by atomic mass is 16.5. The van der Waals surface area contributed by atoms with E-state index in [-0.39, 0.29) is 17.9 Å². The van der Waals surface area contributed by atoms with Gasteiger partial charge in [0, 0.05) is 38.4 Å². The van der Waals surface area contributed by atoms with Gasteiger partial charge in [0.15, 0.2) is 5.78 Å². The van der Waals surface area contributed by atoms with Crippen LogP contribution in [0.4, 0.5) is 5.69 Å². The fraction of sp³-hybridized carbons (Fsp3) is 0.345. The Balaban J connectivity index is 1.56. The number of morpholine rings is 1. The molecule has 172 valence electrons. The van der Waals surface area contributed by atoms with Gasteiger partial charge in [-0.25, -0.2) is 0 Å². The molecule has 0 radical (unpaired) electrons. The van der Waals surface area contributed by atoms with Crippen LogP contribution < -0.4 is 4.90 Å². The molecule has 0 aliphatic carbocycles. The summed E-state index contributed by atoms with van der Waals surface area (Å²) in [5.41, 5.74) is 5.77. The summed E-state index contributed by atoms with van der Waals surface area (Å²) in [5, 5.41) is 0. The Bertz CT molecular complexity index is 1050. The number of Topliss-reactive ketones (excluding diaryl/α,β-unsaturated/α-hetero) is 1. The molecule has 2 atom stereocenters. The Labute approximate surface area is 197 Å². The molecule has 2 unspecified atom stereocenters. The monoisotopic (exact) mass is 442 g/mol. The molecule has 1 saturated heterocycles. The molecule has 3 aromatic carbocycles. The van der Waals surface area contributed by atoms with E-state index in [0.29, 0.717) is 6.61 Å². The van der Waals surface area contributed by atoms with Crippen molar-refractivity contribution in [3.63, 3.8) is 0 Å². The Morgan fingerprint density at radius 2 is 1.73 bits per heavy atom. The average molecular weight is 443 g/mol. The van der Waals surface area contributed by atoms with Crippen LogP contribution in [0.1, 0.15) is 46.5 Å². The van der Waals surface area contributed by atoms with E-state index >= 15 is 0 Å². The molecule has 4 rings (SSSR count). The highest BCUT2D eigenvalue weighted by molar-refractivity contribution is 6.00. The predicted molar refractivity (Wildman–Crippen MR) is 135 cm³/mol. The van der Waals surface area contributed by atoms with E-state index in [1.165, 1.54) is 22.4 Å². The summed E-state index contributed by atoms with van der Waals surface area (Å²) in [7, 11) is 4.17. The minimum atomic E-state index is -0.122. The third-order valence-electron chi connectivity index (χ3n) is 6.48. The van der Waals surface area contributed by atoms with E-state index in [0.717, 1.165) is 31.5 Å². The maximum absolute atomic E-state index is 13.2. The van der Waals surface area contributed by atoms with E-state index < -0.39 is 0 Å². The second-order valence-corrected chi connectivity index (χ2v) is 8.95. The number of carbonyl (C=O) groups excluding carboxylic acids is 1. The van der Waals surface area contributed by atoms with Gasteiger partial charge in [0.2, 0.25) is 0 Å². The largest absolute Gasteiger partial charge is 0.377 e. The van der Waals surface area contributed by atoms with Crippen LogP contribution in [0.25, 0.3) is 0 Å².